The first-order valence-corrected chi connectivity index (χ1v) is 17.3. The fraction of sp³-hybridized carbons (Fsp3) is 0.515. The Labute approximate surface area is 306 Å². The van der Waals surface area contributed by atoms with Crippen molar-refractivity contribution in [2.75, 3.05) is 48.8 Å². The fourth-order valence-electron chi connectivity index (χ4n) is 5.66. The van der Waals surface area contributed by atoms with Crippen LogP contribution in [0.3, 0.4) is 0 Å². The van der Waals surface area contributed by atoms with Crippen LogP contribution in [0.4, 0.5) is 27.9 Å². The Balaban J connectivity index is 1.62. The lowest BCUT2D eigenvalue weighted by Gasteiger charge is -2.40. The van der Waals surface area contributed by atoms with Crippen LogP contribution in [0, 0.1) is 28.6 Å². The number of nitrogens with zero attached hydrogens (tertiary/aromatic N) is 7. The number of amides is 2. The number of imidazole rings is 1. The number of piperidine rings is 1. The van der Waals surface area contributed by atoms with Gasteiger partial charge in [-0.15, -0.1) is 5.10 Å². The van der Waals surface area contributed by atoms with E-state index >= 15 is 0 Å². The third-order valence-corrected chi connectivity index (χ3v) is 8.83. The smallest absolute Gasteiger partial charge is 0.407 e. The lowest BCUT2D eigenvalue weighted by atomic mass is 9.99. The van der Waals surface area contributed by atoms with Gasteiger partial charge < -0.3 is 47.1 Å². The van der Waals surface area contributed by atoms with E-state index in [1.807, 2.05) is 17.9 Å². The molecular weight excluding hydrogens is 694 g/mol. The van der Waals surface area contributed by atoms with Gasteiger partial charge in [-0.05, 0) is 50.8 Å². The molecule has 0 saturated carbocycles. The number of carbonyl (C=O) groups is 3. The van der Waals surface area contributed by atoms with Gasteiger partial charge in [-0.2, -0.15) is 20.0 Å². The minimum Gasteiger partial charge on any atom is -0.457 e. The number of carbonyl (C=O) groups excluding carboxylic acids is 3. The molecule has 0 bridgehead atoms. The molecule has 3 aromatic rings. The minimum absolute atomic E-state index is 0.0550. The number of unbranched alkanes of at least 4 members (excludes halogenated alkanes) is 1. The van der Waals surface area contributed by atoms with Crippen molar-refractivity contribution in [2.24, 2.45) is 17.4 Å². The molecule has 0 radical (unpaired) electrons. The monoisotopic (exact) mass is 737 g/mol. The number of hydrogen-bond donors (Lipinski definition) is 6. The minimum atomic E-state index is -1.02. The Hall–Kier alpha value is -5.43. The van der Waals surface area contributed by atoms with E-state index in [-0.39, 0.29) is 34.7 Å². The molecule has 1 saturated heterocycles. The molecule has 0 aliphatic carbocycles. The molecule has 1 aliphatic heterocycles. The van der Waals surface area contributed by atoms with Crippen LogP contribution < -0.4 is 37.6 Å². The molecular formula is C33H44ClN13O5. The van der Waals surface area contributed by atoms with Crippen LogP contribution in [-0.4, -0.2) is 95.1 Å². The zero-order valence-electron chi connectivity index (χ0n) is 29.5. The summed E-state index contributed by atoms with van der Waals surface area (Å²) in [6, 6.07) is 4.81. The highest BCUT2D eigenvalue weighted by molar-refractivity contribution is 6.36. The predicted molar refractivity (Wildman–Crippen MR) is 193 cm³/mol. The third kappa shape index (κ3) is 9.46. The van der Waals surface area contributed by atoms with Gasteiger partial charge in [-0.25, -0.2) is 14.6 Å². The van der Waals surface area contributed by atoms with E-state index in [1.165, 1.54) is 23.9 Å². The summed E-state index contributed by atoms with van der Waals surface area (Å²) in [4.78, 5) is 49.4. The maximum Gasteiger partial charge on any atom is 0.407 e. The Morgan fingerprint density at radius 3 is 2.62 bits per heavy atom. The van der Waals surface area contributed by atoms with Crippen molar-refractivity contribution < 1.29 is 23.9 Å². The van der Waals surface area contributed by atoms with Crippen molar-refractivity contribution in [3.63, 3.8) is 0 Å². The Bertz CT molecular complexity index is 1840. The number of methoxy groups -OCH3 is 1. The van der Waals surface area contributed by atoms with Gasteiger partial charge in [-0.1, -0.05) is 31.9 Å². The van der Waals surface area contributed by atoms with Crippen molar-refractivity contribution in [1.29, 1.82) is 10.5 Å². The molecule has 8 N–H and O–H groups in total. The molecule has 278 valence electrons. The van der Waals surface area contributed by atoms with Gasteiger partial charge in [-0.3, -0.25) is 4.79 Å². The quantitative estimate of drug-likeness (QED) is 0.0964. The van der Waals surface area contributed by atoms with Crippen LogP contribution in [0.1, 0.15) is 57.7 Å². The van der Waals surface area contributed by atoms with E-state index < -0.39 is 42.2 Å². The normalized spacial score (nSPS) is 16.7. The molecule has 1 aliphatic rings. The summed E-state index contributed by atoms with van der Waals surface area (Å²) in [5, 5.41) is 35.8. The molecule has 1 fully saturated rings. The second-order valence-corrected chi connectivity index (χ2v) is 12.9. The predicted octanol–water partition coefficient (Wildman–Crippen LogP) is 2.14. The first-order valence-electron chi connectivity index (χ1n) is 16.9. The Morgan fingerprint density at radius 1 is 1.19 bits per heavy atom. The summed E-state index contributed by atoms with van der Waals surface area (Å²) in [6.07, 6.45) is 1.85. The van der Waals surface area contributed by atoms with Gasteiger partial charge in [0.1, 0.15) is 18.2 Å². The highest BCUT2D eigenvalue weighted by Gasteiger charge is 2.37. The van der Waals surface area contributed by atoms with Gasteiger partial charge in [0, 0.05) is 13.1 Å². The number of fused-ring (bicyclic) bond motifs is 1. The summed E-state index contributed by atoms with van der Waals surface area (Å²) < 4.78 is 12.2. The van der Waals surface area contributed by atoms with Crippen LogP contribution in [0.15, 0.2) is 18.3 Å². The van der Waals surface area contributed by atoms with Crippen LogP contribution in [0.5, 0.6) is 0 Å². The molecule has 19 heteroatoms. The molecule has 52 heavy (non-hydrogen) atoms. The third-order valence-electron chi connectivity index (χ3n) is 8.43. The first kappa shape index (κ1) is 39.4. The van der Waals surface area contributed by atoms with Crippen molar-refractivity contribution in [3.8, 4) is 12.1 Å². The second kappa shape index (κ2) is 18.2. The van der Waals surface area contributed by atoms with Gasteiger partial charge >= 0.3 is 12.1 Å². The zero-order valence-corrected chi connectivity index (χ0v) is 30.2. The number of hydrogen-bond acceptors (Lipinski definition) is 15. The number of nitrogens with two attached hydrogens (primary N) is 2. The van der Waals surface area contributed by atoms with Crippen LogP contribution in [0.2, 0.25) is 5.02 Å². The van der Waals surface area contributed by atoms with Crippen molar-refractivity contribution in [3.05, 3.63) is 34.6 Å². The number of alkyl carbamates (subject to hydrolysis) is 1. The maximum atomic E-state index is 13.7. The van der Waals surface area contributed by atoms with E-state index in [4.69, 9.17) is 32.5 Å². The van der Waals surface area contributed by atoms with Crippen LogP contribution in [-0.2, 0) is 19.1 Å². The second-order valence-electron chi connectivity index (χ2n) is 12.5. The van der Waals surface area contributed by atoms with E-state index in [2.05, 4.69) is 42.4 Å². The molecule has 18 nitrogen and oxygen atoms in total. The fourth-order valence-corrected chi connectivity index (χ4v) is 5.94. The molecule has 3 heterocycles. The largest absolute Gasteiger partial charge is 0.457 e. The molecule has 1 aromatic carbocycles. The average Bonchev–Trinajstić information content (AvgIpc) is 3.55. The number of ether oxygens (including phenoxy) is 2. The van der Waals surface area contributed by atoms with Gasteiger partial charge in [0.2, 0.25) is 11.9 Å². The van der Waals surface area contributed by atoms with Crippen molar-refractivity contribution in [2.45, 2.75) is 70.7 Å². The first-order chi connectivity index (χ1) is 24.9. The highest BCUT2D eigenvalue weighted by Crippen LogP contribution is 2.37. The Morgan fingerprint density at radius 2 is 1.96 bits per heavy atom. The summed E-state index contributed by atoms with van der Waals surface area (Å²) in [6.45, 7) is 6.82. The lowest BCUT2D eigenvalue weighted by Crippen LogP contribution is -2.58. The van der Waals surface area contributed by atoms with Gasteiger partial charge in [0.15, 0.2) is 17.2 Å². The van der Waals surface area contributed by atoms with Crippen molar-refractivity contribution >= 4 is 58.4 Å². The van der Waals surface area contributed by atoms with Crippen LogP contribution >= 0.6 is 11.6 Å². The number of anilines is 4. The molecule has 2 amide bonds. The number of benzene rings is 1. The lowest BCUT2D eigenvalue weighted by molar-refractivity contribution is -0.156. The summed E-state index contributed by atoms with van der Waals surface area (Å²) in [7, 11) is 1.23. The highest BCUT2D eigenvalue weighted by atomic mass is 35.5. The topological polar surface area (TPSA) is 264 Å². The number of nitriles is 2. The van der Waals surface area contributed by atoms with E-state index in [0.29, 0.717) is 61.7 Å². The van der Waals surface area contributed by atoms with E-state index in [1.54, 1.807) is 19.9 Å². The zero-order chi connectivity index (χ0) is 37.9. The van der Waals surface area contributed by atoms with Crippen molar-refractivity contribution in [1.82, 2.24) is 30.2 Å². The van der Waals surface area contributed by atoms with E-state index in [9.17, 15) is 24.9 Å². The molecule has 2 aromatic heterocycles. The van der Waals surface area contributed by atoms with Gasteiger partial charge in [0.25, 0.3) is 0 Å². The standard InChI is InChI=1S/C33H44ClN13O5/c1-5-39-28-29-40-16-20(15-37)47(29)45-32(44-28)41-23-12-19(14-36)13-24(26(23)34)46-11-9-22(42-33(50)51-4)25(17-46)52-31(49)27(18(2)3)43-30(48)21(38)8-6-7-10-35/h12-13,16,18,21-22,25,27H,5-11,17,35,38H2,1-4H3,(H,42,50)(H,43,48)(H2,39,41,44,45)/t21-,22+,25+,27?/m0/s1. The molecule has 0 spiro atoms. The summed E-state index contributed by atoms with van der Waals surface area (Å²) in [5.41, 5.74) is 13.2. The Kier molecular flexibility index (Phi) is 13.8. The number of rotatable bonds is 15. The maximum absolute atomic E-state index is 13.7. The summed E-state index contributed by atoms with van der Waals surface area (Å²) >= 11 is 6.98. The average molecular weight is 738 g/mol. The SMILES string of the molecule is CCNc1nc(Nc2cc(C#N)cc(N3CC[C@@H](NC(=O)OC)[C@H](OC(=O)C(NC(=O)[C@@H](N)CCCCN)C(C)C)C3)c2Cl)nn2c(C#N)cnc12. The molecule has 4 atom stereocenters. The van der Waals surface area contributed by atoms with Gasteiger partial charge in [0.05, 0.1) is 60.0 Å². The summed E-state index contributed by atoms with van der Waals surface area (Å²) in [5.74, 6) is -1.09. The van der Waals surface area contributed by atoms with Crippen LogP contribution in [0.25, 0.3) is 5.65 Å². The molecule has 4 rings (SSSR count). The number of halogens is 1. The number of nitrogens with one attached hydrogen (secondary N) is 4. The van der Waals surface area contributed by atoms with E-state index in [0.717, 1.165) is 6.42 Å². The number of esters is 1. The number of aromatic nitrogens is 4. The molecule has 1 unspecified atom stereocenters.